The number of halogens is 1. The molecule has 1 unspecified atom stereocenters. The van der Waals surface area contributed by atoms with Crippen LogP contribution in [-0.4, -0.2) is 43.6 Å². The van der Waals surface area contributed by atoms with Crippen LogP contribution in [0.15, 0.2) is 0 Å². The van der Waals surface area contributed by atoms with Gasteiger partial charge in [0.2, 0.25) is 0 Å². The van der Waals surface area contributed by atoms with Crippen molar-refractivity contribution < 1.29 is 4.74 Å². The topological polar surface area (TPSA) is 12.5 Å². The molecular formula is C8H18ClNO. The molecule has 68 valence electrons. The molecule has 11 heavy (non-hydrogen) atoms. The number of rotatable bonds is 6. The molecule has 0 aliphatic heterocycles. The Morgan fingerprint density at radius 2 is 2.18 bits per heavy atom. The van der Waals surface area contributed by atoms with Crippen molar-refractivity contribution in [2.24, 2.45) is 0 Å². The van der Waals surface area contributed by atoms with Crippen LogP contribution in [-0.2, 0) is 4.74 Å². The van der Waals surface area contributed by atoms with Crippen molar-refractivity contribution >= 4 is 11.6 Å². The van der Waals surface area contributed by atoms with Crippen LogP contribution in [0.2, 0.25) is 0 Å². The van der Waals surface area contributed by atoms with E-state index in [2.05, 4.69) is 18.9 Å². The lowest BCUT2D eigenvalue weighted by molar-refractivity contribution is 0.113. The largest absolute Gasteiger partial charge is 0.380 e. The van der Waals surface area contributed by atoms with Crippen LogP contribution in [0, 0.1) is 0 Å². The Bertz CT molecular complexity index is 90.2. The number of alkyl halides is 1. The van der Waals surface area contributed by atoms with Crippen molar-refractivity contribution in [1.29, 1.82) is 0 Å². The third-order valence-electron chi connectivity index (χ3n) is 1.77. The van der Waals surface area contributed by atoms with E-state index in [9.17, 15) is 0 Å². The first kappa shape index (κ1) is 11.2. The summed E-state index contributed by atoms with van der Waals surface area (Å²) in [6.07, 6.45) is 0. The van der Waals surface area contributed by atoms with Gasteiger partial charge in [-0.2, -0.15) is 0 Å². The number of ether oxygens (including phenoxy) is 1. The molecule has 0 amide bonds. The molecule has 0 spiro atoms. The zero-order chi connectivity index (χ0) is 8.69. The number of hydrogen-bond acceptors (Lipinski definition) is 2. The van der Waals surface area contributed by atoms with Gasteiger partial charge >= 0.3 is 0 Å². The van der Waals surface area contributed by atoms with Crippen molar-refractivity contribution in [2.75, 3.05) is 32.7 Å². The van der Waals surface area contributed by atoms with Gasteiger partial charge in [-0.3, -0.25) is 0 Å². The highest BCUT2D eigenvalue weighted by molar-refractivity contribution is 6.18. The van der Waals surface area contributed by atoms with Crippen LogP contribution in [0.25, 0.3) is 0 Å². The second-order valence-electron chi connectivity index (χ2n) is 2.68. The zero-order valence-corrected chi connectivity index (χ0v) is 8.40. The van der Waals surface area contributed by atoms with Crippen LogP contribution in [0.1, 0.15) is 13.8 Å². The van der Waals surface area contributed by atoms with Crippen LogP contribution in [0.5, 0.6) is 0 Å². The van der Waals surface area contributed by atoms with E-state index in [1.54, 1.807) is 0 Å². The van der Waals surface area contributed by atoms with Crippen molar-refractivity contribution in [3.8, 4) is 0 Å². The number of hydrogen-bond donors (Lipinski definition) is 0. The van der Waals surface area contributed by atoms with Gasteiger partial charge in [0.15, 0.2) is 0 Å². The summed E-state index contributed by atoms with van der Waals surface area (Å²) in [6.45, 7) is 6.67. The Hall–Kier alpha value is 0.210. The molecule has 0 saturated heterocycles. The van der Waals surface area contributed by atoms with Crippen molar-refractivity contribution in [3.63, 3.8) is 0 Å². The maximum Gasteiger partial charge on any atom is 0.0593 e. The van der Waals surface area contributed by atoms with Crippen molar-refractivity contribution in [1.82, 2.24) is 4.90 Å². The molecule has 0 fully saturated rings. The molecular weight excluding hydrogens is 162 g/mol. The normalized spacial score (nSPS) is 13.9. The third-order valence-corrected chi connectivity index (χ3v) is 2.21. The average molecular weight is 180 g/mol. The number of likely N-dealkylation sites (N-methyl/N-ethyl adjacent to an activating group) is 1. The molecule has 0 N–H and O–H groups in total. The summed E-state index contributed by atoms with van der Waals surface area (Å²) in [5.74, 6) is 0.683. The van der Waals surface area contributed by atoms with Gasteiger partial charge in [0, 0.05) is 25.1 Å². The molecule has 1 atom stereocenters. The quantitative estimate of drug-likeness (QED) is 0.454. The minimum absolute atomic E-state index is 0.442. The molecule has 2 nitrogen and oxygen atoms in total. The van der Waals surface area contributed by atoms with E-state index in [1.165, 1.54) is 0 Å². The summed E-state index contributed by atoms with van der Waals surface area (Å²) < 4.78 is 5.21. The predicted molar refractivity (Wildman–Crippen MR) is 49.3 cm³/mol. The summed E-state index contributed by atoms with van der Waals surface area (Å²) in [7, 11) is 2.06. The Balaban J connectivity index is 3.28. The van der Waals surface area contributed by atoms with Gasteiger partial charge in [-0.25, -0.2) is 0 Å². The molecule has 0 saturated carbocycles. The third kappa shape index (κ3) is 5.48. The van der Waals surface area contributed by atoms with Crippen LogP contribution < -0.4 is 0 Å². The molecule has 0 aliphatic rings. The van der Waals surface area contributed by atoms with E-state index in [-0.39, 0.29) is 0 Å². The highest BCUT2D eigenvalue weighted by atomic mass is 35.5. The fourth-order valence-corrected chi connectivity index (χ4v) is 0.927. The fraction of sp³-hybridized carbons (Fsp3) is 1.00. The maximum absolute atomic E-state index is 5.68. The van der Waals surface area contributed by atoms with Crippen molar-refractivity contribution in [2.45, 2.75) is 19.9 Å². The Morgan fingerprint density at radius 3 is 2.64 bits per heavy atom. The molecule has 0 aliphatic carbocycles. The van der Waals surface area contributed by atoms with E-state index in [1.807, 2.05) is 6.92 Å². The average Bonchev–Trinajstić information content (AvgIpc) is 2.03. The predicted octanol–water partition coefficient (Wildman–Crippen LogP) is 1.58. The molecule has 0 radical (unpaired) electrons. The van der Waals surface area contributed by atoms with Gasteiger partial charge in [0.1, 0.15) is 0 Å². The Kier molecular flexibility index (Phi) is 7.02. The van der Waals surface area contributed by atoms with Gasteiger partial charge in [0.25, 0.3) is 0 Å². The summed E-state index contributed by atoms with van der Waals surface area (Å²) in [5, 5.41) is 0. The summed E-state index contributed by atoms with van der Waals surface area (Å²) in [5.41, 5.74) is 0. The van der Waals surface area contributed by atoms with Gasteiger partial charge < -0.3 is 9.64 Å². The van der Waals surface area contributed by atoms with E-state index in [0.717, 1.165) is 19.8 Å². The first-order chi connectivity index (χ1) is 5.22. The molecule has 0 aromatic carbocycles. The van der Waals surface area contributed by atoms with E-state index in [4.69, 9.17) is 16.3 Å². The monoisotopic (exact) mass is 179 g/mol. The molecule has 0 aromatic heterocycles. The molecule has 0 bridgehead atoms. The van der Waals surface area contributed by atoms with E-state index in [0.29, 0.717) is 11.9 Å². The first-order valence-electron chi connectivity index (χ1n) is 4.06. The first-order valence-corrected chi connectivity index (χ1v) is 4.59. The van der Waals surface area contributed by atoms with Gasteiger partial charge in [-0.15, -0.1) is 11.6 Å². The van der Waals surface area contributed by atoms with Gasteiger partial charge in [0.05, 0.1) is 6.61 Å². The standard InChI is InChI=1S/C8H18ClNO/c1-4-11-6-5-10(3)8(2)7-9/h8H,4-7H2,1-3H3. The highest BCUT2D eigenvalue weighted by Gasteiger charge is 2.05. The minimum atomic E-state index is 0.442. The maximum atomic E-state index is 5.68. The zero-order valence-electron chi connectivity index (χ0n) is 7.64. The molecule has 0 heterocycles. The second kappa shape index (κ2) is 6.89. The van der Waals surface area contributed by atoms with E-state index < -0.39 is 0 Å². The van der Waals surface area contributed by atoms with Crippen LogP contribution in [0.3, 0.4) is 0 Å². The Morgan fingerprint density at radius 1 is 1.55 bits per heavy atom. The van der Waals surface area contributed by atoms with Gasteiger partial charge in [-0.1, -0.05) is 0 Å². The summed E-state index contributed by atoms with van der Waals surface area (Å²) in [6, 6.07) is 0.442. The summed E-state index contributed by atoms with van der Waals surface area (Å²) >= 11 is 5.68. The second-order valence-corrected chi connectivity index (χ2v) is 2.99. The SMILES string of the molecule is CCOCCN(C)C(C)CCl. The minimum Gasteiger partial charge on any atom is -0.380 e. The van der Waals surface area contributed by atoms with Gasteiger partial charge in [-0.05, 0) is 20.9 Å². The van der Waals surface area contributed by atoms with E-state index >= 15 is 0 Å². The fourth-order valence-electron chi connectivity index (χ4n) is 0.691. The lowest BCUT2D eigenvalue weighted by Gasteiger charge is -2.22. The summed E-state index contributed by atoms with van der Waals surface area (Å²) in [4.78, 5) is 2.20. The highest BCUT2D eigenvalue weighted by Crippen LogP contribution is 1.96. The molecule has 3 heteroatoms. The van der Waals surface area contributed by atoms with Crippen LogP contribution in [0.4, 0.5) is 0 Å². The lowest BCUT2D eigenvalue weighted by Crippen LogP contribution is -2.33. The number of nitrogens with zero attached hydrogens (tertiary/aromatic N) is 1. The lowest BCUT2D eigenvalue weighted by atomic mass is 10.3. The molecule has 0 aromatic rings. The molecule has 0 rings (SSSR count). The van der Waals surface area contributed by atoms with Crippen molar-refractivity contribution in [3.05, 3.63) is 0 Å². The smallest absolute Gasteiger partial charge is 0.0593 e. The van der Waals surface area contributed by atoms with Crippen LogP contribution >= 0.6 is 11.6 Å². The Labute approximate surface area is 74.5 Å².